The number of rotatable bonds is 3. The van der Waals surface area contributed by atoms with Gasteiger partial charge in [-0.15, -0.1) is 0 Å². The number of aryl methyl sites for hydroxylation is 2. The standard InChI is InChI=1S/C20H22N4O/c1-14-19(15(2)22-13-21-14)20(25)24-11-17-9-23(10-18(17)12-24)8-16-6-4-3-5-7-16/h3-7,9,13,18H,8,10-12H2,1-2H3. The third-order valence-electron chi connectivity index (χ3n) is 5.10. The Morgan fingerprint density at radius 1 is 1.12 bits per heavy atom. The lowest BCUT2D eigenvalue weighted by Crippen LogP contribution is -2.32. The smallest absolute Gasteiger partial charge is 0.257 e. The van der Waals surface area contributed by atoms with Gasteiger partial charge in [0.15, 0.2) is 0 Å². The normalized spacial score (nSPS) is 19.1. The van der Waals surface area contributed by atoms with E-state index in [0.717, 1.165) is 31.0 Å². The lowest BCUT2D eigenvalue weighted by atomic mass is 10.1. The van der Waals surface area contributed by atoms with Crippen LogP contribution in [0.1, 0.15) is 27.3 Å². The summed E-state index contributed by atoms with van der Waals surface area (Å²) in [4.78, 5) is 25.6. The molecule has 3 heterocycles. The van der Waals surface area contributed by atoms with E-state index in [2.05, 4.69) is 45.3 Å². The molecular weight excluding hydrogens is 312 g/mol. The van der Waals surface area contributed by atoms with Crippen molar-refractivity contribution in [2.24, 2.45) is 5.92 Å². The van der Waals surface area contributed by atoms with Gasteiger partial charge in [-0.05, 0) is 25.0 Å². The molecule has 2 aromatic rings. The molecule has 1 unspecified atom stereocenters. The van der Waals surface area contributed by atoms with Crippen LogP contribution in [0.3, 0.4) is 0 Å². The van der Waals surface area contributed by atoms with Crippen molar-refractivity contribution >= 4 is 5.91 Å². The van der Waals surface area contributed by atoms with Gasteiger partial charge in [0, 0.05) is 38.3 Å². The van der Waals surface area contributed by atoms with Crippen molar-refractivity contribution in [2.75, 3.05) is 19.6 Å². The minimum atomic E-state index is 0.0560. The van der Waals surface area contributed by atoms with Crippen LogP contribution < -0.4 is 0 Å². The number of carbonyl (C=O) groups is 1. The number of hydrogen-bond acceptors (Lipinski definition) is 4. The predicted molar refractivity (Wildman–Crippen MR) is 95.8 cm³/mol. The molecule has 1 fully saturated rings. The van der Waals surface area contributed by atoms with Crippen LogP contribution >= 0.6 is 0 Å². The lowest BCUT2D eigenvalue weighted by molar-refractivity contribution is 0.0782. The van der Waals surface area contributed by atoms with E-state index in [9.17, 15) is 4.79 Å². The summed E-state index contributed by atoms with van der Waals surface area (Å²) in [7, 11) is 0. The first kappa shape index (κ1) is 15.8. The Morgan fingerprint density at radius 2 is 1.84 bits per heavy atom. The maximum atomic E-state index is 12.9. The Morgan fingerprint density at radius 3 is 2.52 bits per heavy atom. The van der Waals surface area contributed by atoms with Gasteiger partial charge in [0.2, 0.25) is 0 Å². The summed E-state index contributed by atoms with van der Waals surface area (Å²) in [6.45, 7) is 7.16. The molecule has 1 atom stereocenters. The Kier molecular flexibility index (Phi) is 3.99. The monoisotopic (exact) mass is 334 g/mol. The van der Waals surface area contributed by atoms with E-state index in [-0.39, 0.29) is 5.91 Å². The summed E-state index contributed by atoms with van der Waals surface area (Å²) in [5.41, 5.74) is 4.85. The number of hydrogen-bond donors (Lipinski definition) is 0. The summed E-state index contributed by atoms with van der Waals surface area (Å²) in [6.07, 6.45) is 3.76. The zero-order chi connectivity index (χ0) is 17.4. The van der Waals surface area contributed by atoms with Gasteiger partial charge in [0.25, 0.3) is 5.91 Å². The number of benzene rings is 1. The zero-order valence-electron chi connectivity index (χ0n) is 14.6. The molecule has 1 aromatic heterocycles. The van der Waals surface area contributed by atoms with Crippen LogP contribution in [0, 0.1) is 19.8 Å². The van der Waals surface area contributed by atoms with Crippen molar-refractivity contribution in [2.45, 2.75) is 20.4 Å². The highest BCUT2D eigenvalue weighted by Crippen LogP contribution is 2.31. The number of amides is 1. The molecule has 5 nitrogen and oxygen atoms in total. The number of nitrogens with zero attached hydrogens (tertiary/aromatic N) is 4. The molecule has 0 spiro atoms. The largest absolute Gasteiger partial charge is 0.372 e. The molecule has 0 bridgehead atoms. The fourth-order valence-electron chi connectivity index (χ4n) is 3.83. The molecule has 1 aromatic carbocycles. The molecule has 25 heavy (non-hydrogen) atoms. The summed E-state index contributed by atoms with van der Waals surface area (Å²) >= 11 is 0. The van der Waals surface area contributed by atoms with Crippen LogP contribution in [-0.2, 0) is 6.54 Å². The van der Waals surface area contributed by atoms with Gasteiger partial charge in [0.05, 0.1) is 17.0 Å². The second kappa shape index (κ2) is 6.31. The molecule has 128 valence electrons. The van der Waals surface area contributed by atoms with Crippen LogP contribution in [-0.4, -0.2) is 45.3 Å². The Labute approximate surface area is 148 Å². The third kappa shape index (κ3) is 3.02. The van der Waals surface area contributed by atoms with Crippen molar-refractivity contribution in [1.29, 1.82) is 0 Å². The van der Waals surface area contributed by atoms with Crippen molar-refractivity contribution in [1.82, 2.24) is 19.8 Å². The van der Waals surface area contributed by atoms with Gasteiger partial charge < -0.3 is 9.80 Å². The number of fused-ring (bicyclic) bond motifs is 1. The quantitative estimate of drug-likeness (QED) is 0.866. The average Bonchev–Trinajstić information content (AvgIpc) is 3.14. The van der Waals surface area contributed by atoms with E-state index >= 15 is 0 Å². The first-order valence-electron chi connectivity index (χ1n) is 8.68. The van der Waals surface area contributed by atoms with Crippen molar-refractivity contribution in [3.05, 3.63) is 70.9 Å². The molecular formula is C20H22N4O. The van der Waals surface area contributed by atoms with E-state index in [4.69, 9.17) is 0 Å². The number of aromatic nitrogens is 2. The number of likely N-dealkylation sites (tertiary alicyclic amines) is 1. The van der Waals surface area contributed by atoms with E-state index in [1.54, 1.807) is 0 Å². The fraction of sp³-hybridized carbons (Fsp3) is 0.350. The molecule has 2 aliphatic heterocycles. The van der Waals surface area contributed by atoms with Crippen LogP contribution in [0.2, 0.25) is 0 Å². The van der Waals surface area contributed by atoms with E-state index in [1.165, 1.54) is 17.5 Å². The SMILES string of the molecule is Cc1ncnc(C)c1C(=O)N1CC2=CN(Cc3ccccc3)CC2C1. The highest BCUT2D eigenvalue weighted by molar-refractivity contribution is 5.96. The average molecular weight is 334 g/mol. The van der Waals surface area contributed by atoms with Gasteiger partial charge in [-0.3, -0.25) is 4.79 Å². The minimum absolute atomic E-state index is 0.0560. The Bertz CT molecular complexity index is 811. The second-order valence-corrected chi connectivity index (χ2v) is 6.92. The van der Waals surface area contributed by atoms with E-state index < -0.39 is 0 Å². The Hall–Kier alpha value is -2.69. The molecule has 1 saturated heterocycles. The van der Waals surface area contributed by atoms with Crippen LogP contribution in [0.5, 0.6) is 0 Å². The van der Waals surface area contributed by atoms with Crippen LogP contribution in [0.15, 0.2) is 48.4 Å². The van der Waals surface area contributed by atoms with E-state index in [0.29, 0.717) is 18.0 Å². The van der Waals surface area contributed by atoms with Crippen molar-refractivity contribution in [3.8, 4) is 0 Å². The first-order valence-corrected chi connectivity index (χ1v) is 8.68. The second-order valence-electron chi connectivity index (χ2n) is 6.92. The van der Waals surface area contributed by atoms with Crippen molar-refractivity contribution < 1.29 is 4.79 Å². The molecule has 0 N–H and O–H groups in total. The maximum absolute atomic E-state index is 12.9. The topological polar surface area (TPSA) is 49.3 Å². The number of carbonyl (C=O) groups excluding carboxylic acids is 1. The van der Waals surface area contributed by atoms with Crippen LogP contribution in [0.25, 0.3) is 0 Å². The Balaban J connectivity index is 1.46. The van der Waals surface area contributed by atoms with E-state index in [1.807, 2.05) is 24.8 Å². The summed E-state index contributed by atoms with van der Waals surface area (Å²) in [5.74, 6) is 0.499. The first-order chi connectivity index (χ1) is 12.1. The molecule has 2 aliphatic rings. The van der Waals surface area contributed by atoms with Gasteiger partial charge in [-0.25, -0.2) is 9.97 Å². The molecule has 4 rings (SSSR count). The molecule has 1 amide bonds. The fourth-order valence-corrected chi connectivity index (χ4v) is 3.83. The minimum Gasteiger partial charge on any atom is -0.372 e. The van der Waals surface area contributed by atoms with Gasteiger partial charge in [-0.2, -0.15) is 0 Å². The molecule has 5 heteroatoms. The summed E-state index contributed by atoms with van der Waals surface area (Å²) < 4.78 is 0. The molecule has 0 aliphatic carbocycles. The molecule has 0 radical (unpaired) electrons. The van der Waals surface area contributed by atoms with Gasteiger partial charge >= 0.3 is 0 Å². The predicted octanol–water partition coefficient (Wildman–Crippen LogP) is 2.57. The van der Waals surface area contributed by atoms with Crippen LogP contribution in [0.4, 0.5) is 0 Å². The summed E-state index contributed by atoms with van der Waals surface area (Å²) in [5, 5.41) is 0. The summed E-state index contributed by atoms with van der Waals surface area (Å²) in [6, 6.07) is 10.5. The highest BCUT2D eigenvalue weighted by atomic mass is 16.2. The third-order valence-corrected chi connectivity index (χ3v) is 5.10. The van der Waals surface area contributed by atoms with Crippen molar-refractivity contribution in [3.63, 3.8) is 0 Å². The lowest BCUT2D eigenvalue weighted by Gasteiger charge is -2.21. The zero-order valence-corrected chi connectivity index (χ0v) is 14.6. The maximum Gasteiger partial charge on any atom is 0.257 e. The van der Waals surface area contributed by atoms with Gasteiger partial charge in [0.1, 0.15) is 6.33 Å². The van der Waals surface area contributed by atoms with Gasteiger partial charge in [-0.1, -0.05) is 30.3 Å². The highest BCUT2D eigenvalue weighted by Gasteiger charge is 2.36. The molecule has 0 saturated carbocycles.